The van der Waals surface area contributed by atoms with Gasteiger partial charge in [-0.25, -0.2) is 4.98 Å². The van der Waals surface area contributed by atoms with Gasteiger partial charge >= 0.3 is 0 Å². The van der Waals surface area contributed by atoms with E-state index >= 15 is 0 Å². The van der Waals surface area contributed by atoms with E-state index in [4.69, 9.17) is 15.2 Å². The van der Waals surface area contributed by atoms with Gasteiger partial charge in [0.2, 0.25) is 11.8 Å². The van der Waals surface area contributed by atoms with Crippen LogP contribution in [-0.2, 0) is 4.79 Å². The number of aryl methyl sites for hydroxylation is 1. The molecular weight excluding hydrogens is 401 g/mol. The Balaban J connectivity index is 0.00000364. The van der Waals surface area contributed by atoms with Crippen molar-refractivity contribution in [2.24, 2.45) is 11.1 Å². The number of rotatable bonds is 8. The molecule has 156 valence electrons. The number of nitrogens with two attached hydrogens (primary N) is 1. The molecule has 1 aromatic carbocycles. The lowest BCUT2D eigenvalue weighted by molar-refractivity contribution is -0.125. The van der Waals surface area contributed by atoms with Gasteiger partial charge in [0.1, 0.15) is 0 Å². The molecule has 2 rings (SSSR count). The minimum absolute atomic E-state index is 0. The summed E-state index contributed by atoms with van der Waals surface area (Å²) >= 11 is 0. The van der Waals surface area contributed by atoms with E-state index in [1.54, 1.807) is 25.4 Å². The first-order valence-corrected chi connectivity index (χ1v) is 8.78. The molecule has 0 radical (unpaired) electrons. The number of nitrogens with zero attached hydrogens (tertiary/aromatic N) is 1. The minimum atomic E-state index is -0.551. The van der Waals surface area contributed by atoms with E-state index in [-0.39, 0.29) is 30.7 Å². The maximum atomic E-state index is 12.6. The van der Waals surface area contributed by atoms with Gasteiger partial charge in [-0.1, -0.05) is 19.9 Å². The predicted molar refractivity (Wildman–Crippen MR) is 117 cm³/mol. The Kier molecular flexibility index (Phi) is 10.9. The van der Waals surface area contributed by atoms with Crippen LogP contribution < -0.4 is 20.5 Å². The number of anilines is 1. The fourth-order valence-electron chi connectivity index (χ4n) is 2.70. The largest absolute Gasteiger partial charge is 0.493 e. The summed E-state index contributed by atoms with van der Waals surface area (Å²) in [4.78, 5) is 16.8. The molecule has 1 amide bonds. The van der Waals surface area contributed by atoms with E-state index in [1.165, 1.54) is 0 Å². The topological polar surface area (TPSA) is 86.5 Å². The number of halogens is 2. The summed E-state index contributed by atoms with van der Waals surface area (Å²) in [5.74, 6) is 1.56. The van der Waals surface area contributed by atoms with Crippen molar-refractivity contribution >= 4 is 36.4 Å². The zero-order valence-corrected chi connectivity index (χ0v) is 18.3. The van der Waals surface area contributed by atoms with Crippen LogP contribution in [0.4, 0.5) is 5.69 Å². The molecule has 1 heterocycles. The van der Waals surface area contributed by atoms with Gasteiger partial charge in [-0.2, -0.15) is 0 Å². The zero-order valence-electron chi connectivity index (χ0n) is 16.7. The average Bonchev–Trinajstić information content (AvgIpc) is 2.66. The summed E-state index contributed by atoms with van der Waals surface area (Å²) in [6, 6.07) is 9.13. The maximum Gasteiger partial charge on any atom is 0.231 e. The summed E-state index contributed by atoms with van der Waals surface area (Å²) in [6.45, 7) is 6.24. The lowest BCUT2D eigenvalue weighted by atomic mass is 9.81. The van der Waals surface area contributed by atoms with Crippen LogP contribution in [0.5, 0.6) is 17.4 Å². The van der Waals surface area contributed by atoms with E-state index in [0.717, 1.165) is 5.56 Å². The predicted octanol–water partition coefficient (Wildman–Crippen LogP) is 4.74. The number of methoxy groups -OCH3 is 1. The first kappa shape index (κ1) is 26.0. The van der Waals surface area contributed by atoms with Crippen molar-refractivity contribution in [3.05, 3.63) is 42.1 Å². The Hall–Kier alpha value is -2.02. The van der Waals surface area contributed by atoms with Crippen LogP contribution in [-0.4, -0.2) is 24.5 Å². The summed E-state index contributed by atoms with van der Waals surface area (Å²) < 4.78 is 11.1. The molecule has 0 unspecified atom stereocenters. The smallest absolute Gasteiger partial charge is 0.231 e. The fourth-order valence-corrected chi connectivity index (χ4v) is 2.70. The number of aromatic nitrogens is 1. The minimum Gasteiger partial charge on any atom is -0.493 e. The lowest BCUT2D eigenvalue weighted by Gasteiger charge is -2.28. The second-order valence-corrected chi connectivity index (χ2v) is 6.29. The third kappa shape index (κ3) is 5.99. The molecule has 0 atom stereocenters. The van der Waals surface area contributed by atoms with Crippen LogP contribution in [0.3, 0.4) is 0 Å². The van der Waals surface area contributed by atoms with Crippen LogP contribution in [0, 0.1) is 12.3 Å². The van der Waals surface area contributed by atoms with Crippen molar-refractivity contribution in [1.29, 1.82) is 0 Å². The normalized spacial score (nSPS) is 10.3. The van der Waals surface area contributed by atoms with E-state index in [0.29, 0.717) is 42.5 Å². The molecule has 28 heavy (non-hydrogen) atoms. The molecule has 0 saturated heterocycles. The van der Waals surface area contributed by atoms with Gasteiger partial charge in [-0.3, -0.25) is 4.79 Å². The Bertz CT molecular complexity index is 743. The number of nitrogens with one attached hydrogen (secondary N) is 1. The first-order valence-electron chi connectivity index (χ1n) is 8.78. The third-order valence-corrected chi connectivity index (χ3v) is 4.75. The molecule has 0 spiro atoms. The highest BCUT2D eigenvalue weighted by Crippen LogP contribution is 2.32. The Morgan fingerprint density at radius 1 is 1.14 bits per heavy atom. The summed E-state index contributed by atoms with van der Waals surface area (Å²) in [6.07, 6.45) is 2.95. The second kappa shape index (κ2) is 11.7. The van der Waals surface area contributed by atoms with Crippen LogP contribution >= 0.6 is 24.8 Å². The van der Waals surface area contributed by atoms with Crippen molar-refractivity contribution in [3.8, 4) is 17.4 Å². The monoisotopic (exact) mass is 429 g/mol. The lowest BCUT2D eigenvalue weighted by Crippen LogP contribution is -2.41. The fraction of sp³-hybridized carbons (Fsp3) is 0.400. The first-order chi connectivity index (χ1) is 12.5. The van der Waals surface area contributed by atoms with Crippen LogP contribution in [0.25, 0.3) is 0 Å². The number of pyridine rings is 1. The highest BCUT2D eigenvalue weighted by molar-refractivity contribution is 5.95. The van der Waals surface area contributed by atoms with Crippen LogP contribution in [0.15, 0.2) is 36.5 Å². The van der Waals surface area contributed by atoms with E-state index in [1.807, 2.05) is 39.0 Å². The summed E-state index contributed by atoms with van der Waals surface area (Å²) in [5, 5.41) is 2.90. The number of carbonyl (C=O) groups is 1. The van der Waals surface area contributed by atoms with Crippen molar-refractivity contribution < 1.29 is 14.3 Å². The SMILES string of the molecule is CCC(CC)(CN)C(=O)Nc1ccc(Oc2ccc(C)cc2OC)nc1.Cl.Cl. The van der Waals surface area contributed by atoms with E-state index < -0.39 is 5.41 Å². The summed E-state index contributed by atoms with van der Waals surface area (Å²) in [7, 11) is 1.60. The van der Waals surface area contributed by atoms with Gasteiger partial charge in [-0.15, -0.1) is 24.8 Å². The molecule has 0 aliphatic rings. The molecule has 1 aromatic heterocycles. The number of hydrogen-bond acceptors (Lipinski definition) is 5. The van der Waals surface area contributed by atoms with Gasteiger partial charge in [0, 0.05) is 12.6 Å². The number of hydrogen-bond donors (Lipinski definition) is 2. The molecule has 0 aliphatic carbocycles. The highest BCUT2D eigenvalue weighted by Gasteiger charge is 2.33. The molecular formula is C20H29Cl2N3O3. The van der Waals surface area contributed by atoms with Crippen molar-refractivity contribution in [3.63, 3.8) is 0 Å². The van der Waals surface area contributed by atoms with Crippen molar-refractivity contribution in [2.75, 3.05) is 19.0 Å². The Morgan fingerprint density at radius 2 is 1.82 bits per heavy atom. The molecule has 6 nitrogen and oxygen atoms in total. The van der Waals surface area contributed by atoms with Gasteiger partial charge in [-0.05, 0) is 43.5 Å². The standard InChI is InChI=1S/C20H27N3O3.2ClH/c1-5-20(6-2,13-21)19(24)23-15-8-10-18(22-12-15)26-16-9-7-14(3)11-17(16)25-4;;/h7-12H,5-6,13,21H2,1-4H3,(H,23,24);2*1H. The quantitative estimate of drug-likeness (QED) is 0.632. The number of ether oxygens (including phenoxy) is 2. The van der Waals surface area contributed by atoms with Gasteiger partial charge in [0.25, 0.3) is 0 Å². The molecule has 8 heteroatoms. The van der Waals surface area contributed by atoms with Crippen molar-refractivity contribution in [2.45, 2.75) is 33.6 Å². The number of carbonyl (C=O) groups excluding carboxylic acids is 1. The molecule has 3 N–H and O–H groups in total. The molecule has 0 saturated carbocycles. The number of benzene rings is 1. The Labute approximate surface area is 179 Å². The number of amides is 1. The molecule has 0 aliphatic heterocycles. The van der Waals surface area contributed by atoms with Gasteiger partial charge in [0.05, 0.1) is 24.4 Å². The third-order valence-electron chi connectivity index (χ3n) is 4.75. The van der Waals surface area contributed by atoms with Gasteiger partial charge < -0.3 is 20.5 Å². The Morgan fingerprint density at radius 3 is 2.32 bits per heavy atom. The van der Waals surface area contributed by atoms with Crippen LogP contribution in [0.2, 0.25) is 0 Å². The summed E-state index contributed by atoms with van der Waals surface area (Å²) in [5.41, 5.74) is 6.96. The maximum absolute atomic E-state index is 12.6. The molecule has 2 aromatic rings. The highest BCUT2D eigenvalue weighted by atomic mass is 35.5. The van der Waals surface area contributed by atoms with E-state index in [2.05, 4.69) is 10.3 Å². The molecule has 0 bridgehead atoms. The van der Waals surface area contributed by atoms with Crippen LogP contribution in [0.1, 0.15) is 32.3 Å². The molecule has 0 fully saturated rings. The van der Waals surface area contributed by atoms with E-state index in [9.17, 15) is 4.79 Å². The van der Waals surface area contributed by atoms with Crippen molar-refractivity contribution in [1.82, 2.24) is 4.98 Å². The van der Waals surface area contributed by atoms with Gasteiger partial charge in [0.15, 0.2) is 11.5 Å². The average molecular weight is 430 g/mol. The zero-order chi connectivity index (χ0) is 19.2. The second-order valence-electron chi connectivity index (χ2n) is 6.29.